The predicted octanol–water partition coefficient (Wildman–Crippen LogP) is 1.05. The molecule has 2 aromatic heterocycles. The lowest BCUT2D eigenvalue weighted by atomic mass is 10.4. The van der Waals surface area contributed by atoms with Crippen molar-refractivity contribution in [3.8, 4) is 0 Å². The molecule has 3 N–H and O–H groups in total. The molecule has 0 radical (unpaired) electrons. The lowest BCUT2D eigenvalue weighted by molar-refractivity contribution is 0.00889. The molecule has 0 aromatic carbocycles. The van der Waals surface area contributed by atoms with E-state index in [9.17, 15) is 8.78 Å². The molecule has 2 rings (SSSR count). The number of rotatable bonds is 1. The fourth-order valence-electron chi connectivity index (χ4n) is 1.05. The highest BCUT2D eigenvalue weighted by molar-refractivity contribution is 5.81. The van der Waals surface area contributed by atoms with Crippen molar-refractivity contribution in [3.63, 3.8) is 0 Å². The van der Waals surface area contributed by atoms with Gasteiger partial charge in [-0.05, 0) is 0 Å². The topological polar surface area (TPSA) is 80.5 Å². The van der Waals surface area contributed by atoms with Gasteiger partial charge in [0, 0.05) is 6.92 Å². The fourth-order valence-corrected chi connectivity index (χ4v) is 1.05. The van der Waals surface area contributed by atoms with E-state index in [0.29, 0.717) is 0 Å². The van der Waals surface area contributed by atoms with E-state index >= 15 is 0 Å². The second kappa shape index (κ2) is 2.60. The normalized spacial score (nSPS) is 12.2. The van der Waals surface area contributed by atoms with Crippen molar-refractivity contribution in [2.24, 2.45) is 0 Å². The third kappa shape index (κ3) is 1.26. The number of aromatic nitrogens is 4. The number of nitrogens with two attached hydrogens (primary N) is 1. The number of alkyl halides is 2. The number of nitrogen functional groups attached to an aromatic ring is 1. The molecule has 0 saturated carbocycles. The van der Waals surface area contributed by atoms with E-state index < -0.39 is 11.7 Å². The van der Waals surface area contributed by atoms with Crippen LogP contribution in [0, 0.1) is 0 Å². The summed E-state index contributed by atoms with van der Waals surface area (Å²) in [5.74, 6) is -3.38. The molecular formula is C7H7F2N5. The highest BCUT2D eigenvalue weighted by Crippen LogP contribution is 2.26. The molecule has 0 atom stereocenters. The van der Waals surface area contributed by atoms with Gasteiger partial charge >= 0.3 is 5.92 Å². The summed E-state index contributed by atoms with van der Waals surface area (Å²) in [5.41, 5.74) is 5.83. The van der Waals surface area contributed by atoms with Crippen LogP contribution < -0.4 is 5.73 Å². The Kier molecular flexibility index (Phi) is 1.63. The van der Waals surface area contributed by atoms with E-state index in [4.69, 9.17) is 5.73 Å². The van der Waals surface area contributed by atoms with Gasteiger partial charge < -0.3 is 10.7 Å². The Bertz CT molecular complexity index is 472. The fraction of sp³-hybridized carbons (Fsp3) is 0.286. The number of H-pyrrole nitrogens is 1. The number of nitrogens with one attached hydrogen (secondary N) is 1. The molecular weight excluding hydrogens is 192 g/mol. The molecule has 0 fully saturated rings. The highest BCUT2D eigenvalue weighted by atomic mass is 19.3. The first-order valence-corrected chi connectivity index (χ1v) is 3.83. The van der Waals surface area contributed by atoms with Crippen LogP contribution in [-0.2, 0) is 5.92 Å². The van der Waals surface area contributed by atoms with Crippen LogP contribution in [0.15, 0.2) is 6.33 Å². The number of aromatic amines is 1. The van der Waals surface area contributed by atoms with Crippen molar-refractivity contribution in [1.29, 1.82) is 0 Å². The third-order valence-electron chi connectivity index (χ3n) is 1.73. The molecule has 0 aliphatic carbocycles. The Balaban J connectivity index is 2.69. The Labute approximate surface area is 77.4 Å². The SMILES string of the molecule is CC(F)(F)c1nc2ncnc(N)c2[nH]1. The number of fused-ring (bicyclic) bond motifs is 1. The minimum absolute atomic E-state index is 0.109. The third-order valence-corrected chi connectivity index (χ3v) is 1.73. The number of anilines is 1. The Morgan fingerprint density at radius 1 is 1.43 bits per heavy atom. The molecule has 0 aliphatic heterocycles. The van der Waals surface area contributed by atoms with E-state index in [1.54, 1.807) is 0 Å². The van der Waals surface area contributed by atoms with Gasteiger partial charge in [-0.3, -0.25) is 0 Å². The standard InChI is InChI=1S/C7H7F2N5/c1-7(8,9)6-13-3-4(10)11-2-12-5(3)14-6/h2H,1H3,(H3,10,11,12,13,14). The maximum Gasteiger partial charge on any atom is 0.302 e. The average molecular weight is 199 g/mol. The van der Waals surface area contributed by atoms with Crippen molar-refractivity contribution < 1.29 is 8.78 Å². The van der Waals surface area contributed by atoms with Crippen molar-refractivity contribution in [2.75, 3.05) is 5.73 Å². The summed E-state index contributed by atoms with van der Waals surface area (Å²) in [7, 11) is 0. The van der Waals surface area contributed by atoms with Gasteiger partial charge in [-0.2, -0.15) is 8.78 Å². The first kappa shape index (κ1) is 8.79. The molecule has 0 saturated heterocycles. The first-order valence-electron chi connectivity index (χ1n) is 3.83. The van der Waals surface area contributed by atoms with Crippen molar-refractivity contribution in [3.05, 3.63) is 12.2 Å². The van der Waals surface area contributed by atoms with Gasteiger partial charge in [-0.1, -0.05) is 0 Å². The molecule has 0 bridgehead atoms. The summed E-state index contributed by atoms with van der Waals surface area (Å²) >= 11 is 0. The molecule has 0 aliphatic rings. The summed E-state index contributed by atoms with van der Waals surface area (Å²) in [6, 6.07) is 0. The maximum absolute atomic E-state index is 12.8. The van der Waals surface area contributed by atoms with Crippen LogP contribution in [-0.4, -0.2) is 19.9 Å². The summed E-state index contributed by atoms with van der Waals surface area (Å²) in [6.07, 6.45) is 1.18. The molecule has 0 amide bonds. The monoisotopic (exact) mass is 199 g/mol. The summed E-state index contributed by atoms with van der Waals surface area (Å²) < 4.78 is 25.7. The van der Waals surface area contributed by atoms with E-state index in [1.807, 2.05) is 0 Å². The zero-order chi connectivity index (χ0) is 10.3. The lowest BCUT2D eigenvalue weighted by Gasteiger charge is -2.03. The van der Waals surface area contributed by atoms with Gasteiger partial charge in [-0.15, -0.1) is 0 Å². The molecule has 2 aromatic rings. The minimum atomic E-state index is -3.03. The zero-order valence-corrected chi connectivity index (χ0v) is 7.25. The second-order valence-corrected chi connectivity index (χ2v) is 2.93. The van der Waals surface area contributed by atoms with E-state index in [2.05, 4.69) is 19.9 Å². The van der Waals surface area contributed by atoms with E-state index in [-0.39, 0.29) is 17.0 Å². The molecule has 74 valence electrons. The number of hydrogen-bond donors (Lipinski definition) is 2. The van der Waals surface area contributed by atoms with Crippen molar-refractivity contribution in [2.45, 2.75) is 12.8 Å². The van der Waals surface area contributed by atoms with Crippen LogP contribution in [0.5, 0.6) is 0 Å². The summed E-state index contributed by atoms with van der Waals surface area (Å²) in [5, 5.41) is 0. The van der Waals surface area contributed by atoms with Crippen LogP contribution >= 0.6 is 0 Å². The molecule has 5 nitrogen and oxygen atoms in total. The van der Waals surface area contributed by atoms with Gasteiger partial charge in [-0.25, -0.2) is 15.0 Å². The Morgan fingerprint density at radius 3 is 2.71 bits per heavy atom. The number of halogens is 2. The molecule has 0 unspecified atom stereocenters. The van der Waals surface area contributed by atoms with Crippen molar-refractivity contribution in [1.82, 2.24) is 19.9 Å². The summed E-state index contributed by atoms with van der Waals surface area (Å²) in [6.45, 7) is 0.744. The van der Waals surface area contributed by atoms with Crippen LogP contribution in [0.3, 0.4) is 0 Å². The van der Waals surface area contributed by atoms with Gasteiger partial charge in [0.15, 0.2) is 17.3 Å². The van der Waals surface area contributed by atoms with Gasteiger partial charge in [0.2, 0.25) is 0 Å². The predicted molar refractivity (Wildman–Crippen MR) is 45.7 cm³/mol. The van der Waals surface area contributed by atoms with E-state index in [1.165, 1.54) is 6.33 Å². The zero-order valence-electron chi connectivity index (χ0n) is 7.25. The second-order valence-electron chi connectivity index (χ2n) is 2.93. The lowest BCUT2D eigenvalue weighted by Crippen LogP contribution is -2.09. The molecule has 14 heavy (non-hydrogen) atoms. The van der Waals surface area contributed by atoms with Crippen LogP contribution in [0.1, 0.15) is 12.7 Å². The molecule has 2 heterocycles. The largest absolute Gasteiger partial charge is 0.382 e. The van der Waals surface area contributed by atoms with Crippen LogP contribution in [0.4, 0.5) is 14.6 Å². The smallest absolute Gasteiger partial charge is 0.302 e. The van der Waals surface area contributed by atoms with Gasteiger partial charge in [0.05, 0.1) is 0 Å². The van der Waals surface area contributed by atoms with Gasteiger partial charge in [0.25, 0.3) is 0 Å². The minimum Gasteiger partial charge on any atom is -0.382 e. The van der Waals surface area contributed by atoms with E-state index in [0.717, 1.165) is 6.92 Å². The number of nitrogens with zero attached hydrogens (tertiary/aromatic N) is 3. The highest BCUT2D eigenvalue weighted by Gasteiger charge is 2.29. The number of imidazole rings is 1. The van der Waals surface area contributed by atoms with Crippen molar-refractivity contribution >= 4 is 17.0 Å². The van der Waals surface area contributed by atoms with Crippen LogP contribution in [0.2, 0.25) is 0 Å². The number of hydrogen-bond acceptors (Lipinski definition) is 4. The Hall–Kier alpha value is -1.79. The average Bonchev–Trinajstić information content (AvgIpc) is 2.48. The Morgan fingerprint density at radius 2 is 2.14 bits per heavy atom. The molecule has 7 heteroatoms. The summed E-state index contributed by atoms with van der Waals surface area (Å²) in [4.78, 5) is 13.4. The first-order chi connectivity index (χ1) is 6.48. The quantitative estimate of drug-likeness (QED) is 0.719. The van der Waals surface area contributed by atoms with Crippen LogP contribution in [0.25, 0.3) is 11.2 Å². The molecule has 0 spiro atoms. The maximum atomic E-state index is 12.8. The van der Waals surface area contributed by atoms with Gasteiger partial charge in [0.1, 0.15) is 11.8 Å².